The van der Waals surface area contributed by atoms with Crippen molar-refractivity contribution in [2.45, 2.75) is 13.5 Å². The van der Waals surface area contributed by atoms with Crippen LogP contribution in [-0.2, 0) is 6.61 Å². The highest BCUT2D eigenvalue weighted by Crippen LogP contribution is 2.37. The van der Waals surface area contributed by atoms with Gasteiger partial charge in [0.15, 0.2) is 0 Å². The molecule has 0 radical (unpaired) electrons. The van der Waals surface area contributed by atoms with E-state index in [4.69, 9.17) is 27.9 Å². The van der Waals surface area contributed by atoms with Gasteiger partial charge in [-0.1, -0.05) is 59.1 Å². The van der Waals surface area contributed by atoms with Crippen molar-refractivity contribution >= 4 is 66.7 Å². The number of rotatable bonds is 5. The Morgan fingerprint density at radius 1 is 1.03 bits per heavy atom. The van der Waals surface area contributed by atoms with Gasteiger partial charge in [-0.25, -0.2) is 0 Å². The van der Waals surface area contributed by atoms with E-state index in [9.17, 15) is 5.26 Å². The van der Waals surface area contributed by atoms with E-state index in [0.717, 1.165) is 31.2 Å². The van der Waals surface area contributed by atoms with Crippen LogP contribution in [0.15, 0.2) is 63.5 Å². The van der Waals surface area contributed by atoms with Crippen LogP contribution in [0.25, 0.3) is 11.6 Å². The smallest absolute Gasteiger partial charge is 0.148 e. The molecule has 0 fully saturated rings. The minimum Gasteiger partial charge on any atom is -0.486 e. The number of ether oxygens (including phenoxy) is 1. The van der Waals surface area contributed by atoms with Crippen molar-refractivity contribution in [3.63, 3.8) is 0 Å². The fourth-order valence-electron chi connectivity index (χ4n) is 2.67. The molecule has 3 aromatic carbocycles. The highest BCUT2D eigenvalue weighted by atomic mass is 79.9. The monoisotopic (exact) mass is 549 g/mol. The number of benzene rings is 3. The molecule has 0 bridgehead atoms. The third-order valence-electron chi connectivity index (χ3n) is 4.20. The van der Waals surface area contributed by atoms with Crippen molar-refractivity contribution in [2.24, 2.45) is 0 Å². The molecule has 0 aromatic heterocycles. The summed E-state index contributed by atoms with van der Waals surface area (Å²) < 4.78 is 7.49. The third-order valence-corrected chi connectivity index (χ3v) is 5.97. The maximum Gasteiger partial charge on any atom is 0.148 e. The Hall–Kier alpha value is -1.77. The lowest BCUT2D eigenvalue weighted by atomic mass is 10.0. The number of nitriles is 1. The zero-order valence-corrected chi connectivity index (χ0v) is 20.0. The number of nitrogens with zero attached hydrogens (tertiary/aromatic N) is 1. The van der Waals surface area contributed by atoms with E-state index in [0.29, 0.717) is 28.0 Å². The first-order chi connectivity index (χ1) is 13.9. The standard InChI is InChI=1S/C23H15Br2Cl2NO/c1-14-2-4-16(5-3-14)18(12-28)8-15-9-20(24)23(21(25)10-15)29-13-17-6-7-19(26)11-22(17)27/h2-11H,13H2,1H3/b18-8-. The summed E-state index contributed by atoms with van der Waals surface area (Å²) in [6, 6.07) is 19.3. The van der Waals surface area contributed by atoms with E-state index < -0.39 is 0 Å². The Bertz CT molecular complexity index is 1100. The quantitative estimate of drug-likeness (QED) is 0.235. The Morgan fingerprint density at radius 3 is 2.28 bits per heavy atom. The van der Waals surface area contributed by atoms with Crippen LogP contribution in [0.2, 0.25) is 10.0 Å². The molecule has 0 spiro atoms. The molecule has 0 amide bonds. The summed E-state index contributed by atoms with van der Waals surface area (Å²) in [6.45, 7) is 2.32. The van der Waals surface area contributed by atoms with Gasteiger partial charge in [0, 0.05) is 15.6 Å². The van der Waals surface area contributed by atoms with Crippen LogP contribution in [0.1, 0.15) is 22.3 Å². The van der Waals surface area contributed by atoms with Gasteiger partial charge in [-0.05, 0) is 80.3 Å². The zero-order valence-electron chi connectivity index (χ0n) is 15.3. The van der Waals surface area contributed by atoms with Crippen molar-refractivity contribution in [1.82, 2.24) is 0 Å². The van der Waals surface area contributed by atoms with Crippen molar-refractivity contribution in [1.29, 1.82) is 5.26 Å². The van der Waals surface area contributed by atoms with Gasteiger partial charge in [0.2, 0.25) is 0 Å². The second-order valence-corrected chi connectivity index (χ2v) is 8.93. The molecule has 2 nitrogen and oxygen atoms in total. The van der Waals surface area contributed by atoms with Crippen molar-refractivity contribution in [2.75, 3.05) is 0 Å². The molecule has 3 rings (SSSR count). The average Bonchev–Trinajstić information content (AvgIpc) is 2.67. The lowest BCUT2D eigenvalue weighted by Gasteiger charge is -2.13. The normalized spacial score (nSPS) is 11.2. The molecule has 0 aliphatic rings. The van der Waals surface area contributed by atoms with Crippen LogP contribution in [0.5, 0.6) is 5.75 Å². The zero-order chi connectivity index (χ0) is 21.0. The number of allylic oxidation sites excluding steroid dienone is 1. The fourth-order valence-corrected chi connectivity index (χ4v) is 4.58. The fraction of sp³-hybridized carbons (Fsp3) is 0.0870. The molecule has 0 N–H and O–H groups in total. The predicted octanol–water partition coefficient (Wildman–Crippen LogP) is 8.47. The number of hydrogen-bond donors (Lipinski definition) is 0. The van der Waals surface area contributed by atoms with Gasteiger partial charge >= 0.3 is 0 Å². The second kappa shape index (κ2) is 9.82. The summed E-state index contributed by atoms with van der Waals surface area (Å²) in [5.74, 6) is 0.655. The molecule has 0 unspecified atom stereocenters. The predicted molar refractivity (Wildman–Crippen MR) is 127 cm³/mol. The molecular formula is C23H15Br2Cl2NO. The van der Waals surface area contributed by atoms with Crippen LogP contribution < -0.4 is 4.74 Å². The second-order valence-electron chi connectivity index (χ2n) is 6.37. The molecule has 29 heavy (non-hydrogen) atoms. The minimum absolute atomic E-state index is 0.301. The molecule has 146 valence electrons. The highest BCUT2D eigenvalue weighted by molar-refractivity contribution is 9.11. The lowest BCUT2D eigenvalue weighted by Crippen LogP contribution is -1.98. The molecule has 0 saturated carbocycles. The van der Waals surface area contributed by atoms with E-state index >= 15 is 0 Å². The maximum absolute atomic E-state index is 9.57. The van der Waals surface area contributed by atoms with E-state index in [2.05, 4.69) is 37.9 Å². The van der Waals surface area contributed by atoms with E-state index in [1.165, 1.54) is 0 Å². The topological polar surface area (TPSA) is 33.0 Å². The van der Waals surface area contributed by atoms with E-state index in [1.54, 1.807) is 12.1 Å². The summed E-state index contributed by atoms with van der Waals surface area (Å²) in [7, 11) is 0. The van der Waals surface area contributed by atoms with Crippen LogP contribution in [0.4, 0.5) is 0 Å². The molecule has 0 heterocycles. The summed E-state index contributed by atoms with van der Waals surface area (Å²) in [6.07, 6.45) is 1.85. The largest absolute Gasteiger partial charge is 0.486 e. The van der Waals surface area contributed by atoms with Crippen LogP contribution in [0, 0.1) is 18.3 Å². The molecule has 0 atom stereocenters. The van der Waals surface area contributed by atoms with Crippen molar-refractivity contribution in [3.05, 3.63) is 95.8 Å². The van der Waals surface area contributed by atoms with Gasteiger partial charge in [-0.15, -0.1) is 0 Å². The van der Waals surface area contributed by atoms with Gasteiger partial charge < -0.3 is 4.74 Å². The average molecular weight is 552 g/mol. The first-order valence-corrected chi connectivity index (χ1v) is 11.0. The van der Waals surface area contributed by atoms with E-state index in [1.807, 2.05) is 55.5 Å². The van der Waals surface area contributed by atoms with Gasteiger partial charge in [-0.3, -0.25) is 0 Å². The molecular weight excluding hydrogens is 537 g/mol. The molecule has 0 aliphatic carbocycles. The molecule has 3 aromatic rings. The SMILES string of the molecule is Cc1ccc(/C(C#N)=C\c2cc(Br)c(OCc3ccc(Cl)cc3Cl)c(Br)c2)cc1. The Labute approximate surface area is 197 Å². The Morgan fingerprint density at radius 2 is 1.69 bits per heavy atom. The van der Waals surface area contributed by atoms with E-state index in [-0.39, 0.29) is 0 Å². The van der Waals surface area contributed by atoms with Gasteiger partial charge in [0.25, 0.3) is 0 Å². The highest BCUT2D eigenvalue weighted by Gasteiger charge is 2.11. The maximum atomic E-state index is 9.57. The number of halogens is 4. The van der Waals surface area contributed by atoms with Crippen LogP contribution in [0.3, 0.4) is 0 Å². The number of hydrogen-bond acceptors (Lipinski definition) is 2. The van der Waals surface area contributed by atoms with Crippen molar-refractivity contribution in [3.8, 4) is 11.8 Å². The van der Waals surface area contributed by atoms with Crippen LogP contribution in [-0.4, -0.2) is 0 Å². The summed E-state index contributed by atoms with van der Waals surface area (Å²) in [5.41, 5.74) is 4.33. The molecule has 0 aliphatic heterocycles. The molecule has 6 heteroatoms. The lowest BCUT2D eigenvalue weighted by molar-refractivity contribution is 0.302. The van der Waals surface area contributed by atoms with Gasteiger partial charge in [0.1, 0.15) is 12.4 Å². The summed E-state index contributed by atoms with van der Waals surface area (Å²) in [4.78, 5) is 0. The van der Waals surface area contributed by atoms with Gasteiger partial charge in [0.05, 0.1) is 20.6 Å². The number of aryl methyl sites for hydroxylation is 1. The van der Waals surface area contributed by atoms with Crippen molar-refractivity contribution < 1.29 is 4.74 Å². The molecule has 0 saturated heterocycles. The Balaban J connectivity index is 1.85. The first kappa shape index (κ1) is 21.9. The summed E-state index contributed by atoms with van der Waals surface area (Å²) in [5, 5.41) is 10.7. The minimum atomic E-state index is 0.301. The van der Waals surface area contributed by atoms with Gasteiger partial charge in [-0.2, -0.15) is 5.26 Å². The third kappa shape index (κ3) is 5.65. The summed E-state index contributed by atoms with van der Waals surface area (Å²) >= 11 is 19.3. The first-order valence-electron chi connectivity index (χ1n) is 8.62. The Kier molecular flexibility index (Phi) is 7.43. The van der Waals surface area contributed by atoms with Crippen LogP contribution >= 0.6 is 55.1 Å².